The van der Waals surface area contributed by atoms with Crippen molar-refractivity contribution in [1.82, 2.24) is 10.4 Å². The summed E-state index contributed by atoms with van der Waals surface area (Å²) in [5.74, 6) is -1.44. The van der Waals surface area contributed by atoms with Gasteiger partial charge in [-0.2, -0.15) is 18.2 Å². The lowest BCUT2D eigenvalue weighted by Crippen LogP contribution is -2.51. The van der Waals surface area contributed by atoms with Crippen molar-refractivity contribution in [2.24, 2.45) is 0 Å². The van der Waals surface area contributed by atoms with E-state index in [1.807, 2.05) is 0 Å². The number of hydrogen-bond acceptors (Lipinski definition) is 2. The fourth-order valence-electron chi connectivity index (χ4n) is 3.14. The fraction of sp³-hybridized carbons (Fsp3) is 0.353. The van der Waals surface area contributed by atoms with E-state index in [9.17, 15) is 22.4 Å². The summed E-state index contributed by atoms with van der Waals surface area (Å²) in [5, 5.41) is 1.44. The van der Waals surface area contributed by atoms with Gasteiger partial charge in [0, 0.05) is 22.9 Å². The Kier molecular flexibility index (Phi) is 3.79. The molecule has 1 aliphatic heterocycles. The number of rotatable bonds is 2. The minimum atomic E-state index is -4.75. The highest BCUT2D eigenvalue weighted by molar-refractivity contribution is 5.84. The van der Waals surface area contributed by atoms with E-state index in [1.165, 1.54) is 26.0 Å². The zero-order valence-corrected chi connectivity index (χ0v) is 13.1. The number of hydrazine groups is 1. The van der Waals surface area contributed by atoms with E-state index in [1.54, 1.807) is 18.2 Å². The number of alkyl halides is 3. The molecule has 0 bridgehead atoms. The number of nitrogens with zero attached hydrogens (tertiary/aromatic N) is 1. The summed E-state index contributed by atoms with van der Waals surface area (Å²) in [6, 6.07) is 6.66. The van der Waals surface area contributed by atoms with Crippen LogP contribution < -0.4 is 5.43 Å². The molecule has 0 aliphatic carbocycles. The molecule has 1 saturated heterocycles. The zero-order valence-electron chi connectivity index (χ0n) is 13.1. The molecule has 0 saturated carbocycles. The SMILES string of the molecule is CC1(C)CC(=O)NN1[C@@H](c1ccc2ccccc2c1F)C(F)(F)F. The minimum absolute atomic E-state index is 0.0885. The van der Waals surface area contributed by atoms with Gasteiger partial charge in [-0.1, -0.05) is 36.4 Å². The van der Waals surface area contributed by atoms with Crippen molar-refractivity contribution < 1.29 is 22.4 Å². The van der Waals surface area contributed by atoms with Crippen molar-refractivity contribution in [3.8, 4) is 0 Å². The van der Waals surface area contributed by atoms with E-state index in [2.05, 4.69) is 5.43 Å². The quantitative estimate of drug-likeness (QED) is 0.835. The fourth-order valence-corrected chi connectivity index (χ4v) is 3.14. The molecule has 0 aromatic heterocycles. The Hall–Kier alpha value is -2.15. The molecule has 3 nitrogen and oxygen atoms in total. The van der Waals surface area contributed by atoms with Gasteiger partial charge in [-0.15, -0.1) is 0 Å². The number of carbonyl (C=O) groups excluding carboxylic acids is 1. The molecule has 1 N–H and O–H groups in total. The van der Waals surface area contributed by atoms with Crippen LogP contribution in [0.3, 0.4) is 0 Å². The molecule has 0 unspecified atom stereocenters. The molecule has 1 fully saturated rings. The Morgan fingerprint density at radius 3 is 2.42 bits per heavy atom. The number of fused-ring (bicyclic) bond motifs is 1. The van der Waals surface area contributed by atoms with Crippen molar-refractivity contribution in [3.63, 3.8) is 0 Å². The maximum absolute atomic E-state index is 14.8. The number of amides is 1. The van der Waals surface area contributed by atoms with Gasteiger partial charge in [0.25, 0.3) is 0 Å². The van der Waals surface area contributed by atoms with Gasteiger partial charge >= 0.3 is 6.18 Å². The van der Waals surface area contributed by atoms with Gasteiger partial charge in [-0.25, -0.2) is 4.39 Å². The van der Waals surface area contributed by atoms with Crippen molar-refractivity contribution in [2.75, 3.05) is 0 Å². The third kappa shape index (κ3) is 2.73. The third-order valence-electron chi connectivity index (χ3n) is 4.25. The molecule has 1 atom stereocenters. The van der Waals surface area contributed by atoms with Gasteiger partial charge in [0.05, 0.1) is 0 Å². The Bertz CT molecular complexity index is 801. The molecule has 1 amide bonds. The molecule has 2 aromatic carbocycles. The summed E-state index contributed by atoms with van der Waals surface area (Å²) in [6.07, 6.45) is -4.84. The summed E-state index contributed by atoms with van der Waals surface area (Å²) in [6.45, 7) is 3.03. The van der Waals surface area contributed by atoms with Crippen molar-refractivity contribution in [1.29, 1.82) is 0 Å². The van der Waals surface area contributed by atoms with E-state index in [-0.39, 0.29) is 11.8 Å². The number of benzene rings is 2. The van der Waals surface area contributed by atoms with Gasteiger partial charge in [0.15, 0.2) is 6.04 Å². The largest absolute Gasteiger partial charge is 0.410 e. The summed E-state index contributed by atoms with van der Waals surface area (Å²) in [7, 11) is 0. The maximum Gasteiger partial charge on any atom is 0.410 e. The number of hydrogen-bond donors (Lipinski definition) is 1. The van der Waals surface area contributed by atoms with Gasteiger partial charge in [-0.05, 0) is 19.2 Å². The molecule has 0 radical (unpaired) electrons. The second-order valence-corrected chi connectivity index (χ2v) is 6.53. The van der Waals surface area contributed by atoms with Crippen LogP contribution in [-0.4, -0.2) is 22.6 Å². The highest BCUT2D eigenvalue weighted by atomic mass is 19.4. The average Bonchev–Trinajstić information content (AvgIpc) is 2.73. The molecule has 1 heterocycles. The smallest absolute Gasteiger partial charge is 0.287 e. The number of nitrogens with one attached hydrogen (secondary N) is 1. The maximum atomic E-state index is 14.8. The van der Waals surface area contributed by atoms with Crippen LogP contribution in [0.15, 0.2) is 36.4 Å². The summed E-state index contributed by atoms with van der Waals surface area (Å²) >= 11 is 0. The molecule has 3 rings (SSSR count). The van der Waals surface area contributed by atoms with E-state index >= 15 is 0 Å². The summed E-state index contributed by atoms with van der Waals surface area (Å²) in [5.41, 5.74) is 0.641. The summed E-state index contributed by atoms with van der Waals surface area (Å²) < 4.78 is 56.1. The molecule has 24 heavy (non-hydrogen) atoms. The Morgan fingerprint density at radius 1 is 1.17 bits per heavy atom. The van der Waals surface area contributed by atoms with Crippen molar-refractivity contribution >= 4 is 16.7 Å². The first-order chi connectivity index (χ1) is 11.1. The lowest BCUT2D eigenvalue weighted by atomic mass is 9.95. The highest BCUT2D eigenvalue weighted by Gasteiger charge is 2.53. The second-order valence-electron chi connectivity index (χ2n) is 6.53. The van der Waals surface area contributed by atoms with Gasteiger partial charge in [0.1, 0.15) is 5.82 Å². The zero-order chi connectivity index (χ0) is 17.7. The van der Waals surface area contributed by atoms with E-state index in [4.69, 9.17) is 0 Å². The molecular weight excluding hydrogens is 324 g/mol. The van der Waals surface area contributed by atoms with Crippen LogP contribution in [0.4, 0.5) is 17.6 Å². The van der Waals surface area contributed by atoms with E-state index in [0.717, 1.165) is 11.1 Å². The average molecular weight is 340 g/mol. The predicted octanol–water partition coefficient (Wildman–Crippen LogP) is 4.10. The van der Waals surface area contributed by atoms with Crippen LogP contribution in [-0.2, 0) is 4.79 Å². The molecule has 1 aliphatic rings. The van der Waals surface area contributed by atoms with Crippen LogP contribution in [0.2, 0.25) is 0 Å². The van der Waals surface area contributed by atoms with Crippen molar-refractivity contribution in [3.05, 3.63) is 47.8 Å². The van der Waals surface area contributed by atoms with Gasteiger partial charge in [0.2, 0.25) is 5.91 Å². The lowest BCUT2D eigenvalue weighted by molar-refractivity contribution is -0.204. The van der Waals surface area contributed by atoms with Crippen molar-refractivity contribution in [2.45, 2.75) is 38.0 Å². The first-order valence-corrected chi connectivity index (χ1v) is 7.44. The van der Waals surface area contributed by atoms with Gasteiger partial charge in [-0.3, -0.25) is 10.2 Å². The van der Waals surface area contributed by atoms with Gasteiger partial charge < -0.3 is 0 Å². The predicted molar refractivity (Wildman–Crippen MR) is 81.4 cm³/mol. The van der Waals surface area contributed by atoms with E-state index < -0.39 is 35.0 Å². The Morgan fingerprint density at radius 2 is 1.83 bits per heavy atom. The number of carbonyl (C=O) groups is 1. The monoisotopic (exact) mass is 340 g/mol. The first-order valence-electron chi connectivity index (χ1n) is 7.44. The molecule has 2 aromatic rings. The molecule has 0 spiro atoms. The van der Waals surface area contributed by atoms with Crippen LogP contribution in [0, 0.1) is 5.82 Å². The minimum Gasteiger partial charge on any atom is -0.287 e. The van der Waals surface area contributed by atoms with E-state index in [0.29, 0.717) is 5.39 Å². The van der Waals surface area contributed by atoms with Crippen LogP contribution in [0.5, 0.6) is 0 Å². The first kappa shape index (κ1) is 16.7. The van der Waals surface area contributed by atoms with Crippen LogP contribution in [0.1, 0.15) is 31.9 Å². The Labute approximate surface area is 136 Å². The highest BCUT2D eigenvalue weighted by Crippen LogP contribution is 2.44. The molecule has 128 valence electrons. The van der Waals surface area contributed by atoms with Crippen LogP contribution >= 0.6 is 0 Å². The van der Waals surface area contributed by atoms with Crippen LogP contribution in [0.25, 0.3) is 10.8 Å². The number of halogens is 4. The topological polar surface area (TPSA) is 32.3 Å². The Balaban J connectivity index is 2.18. The third-order valence-corrected chi connectivity index (χ3v) is 4.25. The second kappa shape index (κ2) is 5.44. The molecular formula is C17H16F4N2O. The normalized spacial score (nSPS) is 19.5. The standard InChI is InChI=1S/C17H16F4N2O/c1-16(2)9-13(24)22-23(16)15(17(19,20)21)12-8-7-10-5-3-4-6-11(10)14(12)18/h3-8,15H,9H2,1-2H3,(H,22,24)/t15-/m0/s1. The lowest BCUT2D eigenvalue weighted by Gasteiger charge is -2.38. The summed E-state index contributed by atoms with van der Waals surface area (Å²) in [4.78, 5) is 11.6. The molecule has 7 heteroatoms.